The number of hydrogen-bond acceptors (Lipinski definition) is 5. The summed E-state index contributed by atoms with van der Waals surface area (Å²) in [6, 6.07) is 0. The molecular formula is C13H17N3O4. The Morgan fingerprint density at radius 3 is 2.90 bits per heavy atom. The highest BCUT2D eigenvalue weighted by Gasteiger charge is 2.27. The van der Waals surface area contributed by atoms with E-state index in [0.29, 0.717) is 30.2 Å². The van der Waals surface area contributed by atoms with Crippen molar-refractivity contribution < 1.29 is 19.4 Å². The summed E-state index contributed by atoms with van der Waals surface area (Å²) in [7, 11) is 0. The fourth-order valence-electron chi connectivity index (χ4n) is 2.19. The maximum absolute atomic E-state index is 12.4. The highest BCUT2D eigenvalue weighted by atomic mass is 16.5. The van der Waals surface area contributed by atoms with Crippen LogP contribution in [0.15, 0.2) is 6.20 Å². The Morgan fingerprint density at radius 2 is 2.25 bits per heavy atom. The van der Waals surface area contributed by atoms with E-state index < -0.39 is 12.1 Å². The third-order valence-electron chi connectivity index (χ3n) is 3.16. The van der Waals surface area contributed by atoms with E-state index in [-0.39, 0.29) is 18.9 Å². The number of carboxylic acid groups (broad SMARTS) is 1. The number of aryl methyl sites for hydroxylation is 2. The fraction of sp³-hybridized carbons (Fsp3) is 0.538. The second-order valence-corrected chi connectivity index (χ2v) is 4.76. The van der Waals surface area contributed by atoms with E-state index >= 15 is 0 Å². The van der Waals surface area contributed by atoms with E-state index in [9.17, 15) is 9.59 Å². The van der Waals surface area contributed by atoms with E-state index in [1.54, 1.807) is 18.7 Å². The number of morpholine rings is 1. The van der Waals surface area contributed by atoms with Crippen LogP contribution in [0.4, 0.5) is 0 Å². The molecule has 1 amide bonds. The molecule has 0 radical (unpaired) electrons. The molecular weight excluding hydrogens is 262 g/mol. The molecule has 1 unspecified atom stereocenters. The minimum Gasteiger partial charge on any atom is -0.481 e. The molecule has 108 valence electrons. The first kappa shape index (κ1) is 14.4. The maximum Gasteiger partial charge on any atom is 0.306 e. The van der Waals surface area contributed by atoms with Crippen LogP contribution in [0.25, 0.3) is 0 Å². The molecule has 1 aliphatic heterocycles. The number of aliphatic carboxylic acids is 1. The van der Waals surface area contributed by atoms with Gasteiger partial charge < -0.3 is 14.7 Å². The summed E-state index contributed by atoms with van der Waals surface area (Å²) in [6.07, 6.45) is 0.950. The van der Waals surface area contributed by atoms with E-state index in [1.807, 2.05) is 0 Å². The number of carbonyl (C=O) groups excluding carboxylic acids is 1. The van der Waals surface area contributed by atoms with Crippen LogP contribution in [0.5, 0.6) is 0 Å². The van der Waals surface area contributed by atoms with Gasteiger partial charge in [-0.25, -0.2) is 9.97 Å². The lowest BCUT2D eigenvalue weighted by molar-refractivity contribution is -0.141. The van der Waals surface area contributed by atoms with Gasteiger partial charge in [0.2, 0.25) is 0 Å². The van der Waals surface area contributed by atoms with Crippen LogP contribution in [0.1, 0.15) is 28.3 Å². The molecule has 1 saturated heterocycles. The summed E-state index contributed by atoms with van der Waals surface area (Å²) >= 11 is 0. The van der Waals surface area contributed by atoms with Gasteiger partial charge in [0, 0.05) is 19.3 Å². The quantitative estimate of drug-likeness (QED) is 0.861. The number of amides is 1. The topological polar surface area (TPSA) is 92.6 Å². The van der Waals surface area contributed by atoms with Crippen molar-refractivity contribution in [3.05, 3.63) is 23.3 Å². The molecule has 1 aromatic heterocycles. The first-order valence-corrected chi connectivity index (χ1v) is 6.40. The van der Waals surface area contributed by atoms with Crippen LogP contribution in [0.3, 0.4) is 0 Å². The molecule has 2 heterocycles. The van der Waals surface area contributed by atoms with Crippen molar-refractivity contribution in [3.63, 3.8) is 0 Å². The fourth-order valence-corrected chi connectivity index (χ4v) is 2.19. The Balaban J connectivity index is 2.10. The Hall–Kier alpha value is -2.02. The van der Waals surface area contributed by atoms with E-state index in [0.717, 1.165) is 0 Å². The Morgan fingerprint density at radius 1 is 1.50 bits per heavy atom. The zero-order chi connectivity index (χ0) is 14.7. The first-order chi connectivity index (χ1) is 9.47. The number of carbonyl (C=O) groups is 2. The number of rotatable bonds is 3. The summed E-state index contributed by atoms with van der Waals surface area (Å²) in [4.78, 5) is 32.9. The van der Waals surface area contributed by atoms with Crippen molar-refractivity contribution in [2.45, 2.75) is 26.4 Å². The third kappa shape index (κ3) is 3.30. The van der Waals surface area contributed by atoms with Gasteiger partial charge in [-0.1, -0.05) is 0 Å². The molecule has 1 atom stereocenters. The van der Waals surface area contributed by atoms with Crippen LogP contribution in [0.2, 0.25) is 0 Å². The summed E-state index contributed by atoms with van der Waals surface area (Å²) in [5, 5.41) is 8.78. The minimum absolute atomic E-state index is 0.104. The molecule has 1 aromatic rings. The molecule has 7 heteroatoms. The number of carboxylic acids is 1. The van der Waals surface area contributed by atoms with Gasteiger partial charge in [-0.05, 0) is 13.8 Å². The van der Waals surface area contributed by atoms with Gasteiger partial charge in [0.05, 0.1) is 30.4 Å². The summed E-state index contributed by atoms with van der Waals surface area (Å²) in [5.41, 5.74) is 1.08. The maximum atomic E-state index is 12.4. The number of hydrogen-bond donors (Lipinski definition) is 1. The van der Waals surface area contributed by atoms with Crippen molar-refractivity contribution in [2.24, 2.45) is 0 Å². The van der Waals surface area contributed by atoms with Crippen LogP contribution >= 0.6 is 0 Å². The van der Waals surface area contributed by atoms with Gasteiger partial charge in [0.15, 0.2) is 0 Å². The van der Waals surface area contributed by atoms with Crippen molar-refractivity contribution in [1.82, 2.24) is 14.9 Å². The lowest BCUT2D eigenvalue weighted by Crippen LogP contribution is -2.46. The summed E-state index contributed by atoms with van der Waals surface area (Å²) in [5.74, 6) is -0.495. The predicted molar refractivity (Wildman–Crippen MR) is 69.4 cm³/mol. The first-order valence-electron chi connectivity index (χ1n) is 6.40. The zero-order valence-corrected chi connectivity index (χ0v) is 11.5. The van der Waals surface area contributed by atoms with Gasteiger partial charge >= 0.3 is 5.97 Å². The number of nitrogens with zero attached hydrogens (tertiary/aromatic N) is 3. The molecule has 7 nitrogen and oxygen atoms in total. The SMILES string of the molecule is Cc1ncc(C(=O)N2CCOC(CC(=O)O)C2)c(C)n1. The van der Waals surface area contributed by atoms with Crippen molar-refractivity contribution >= 4 is 11.9 Å². The van der Waals surface area contributed by atoms with Gasteiger partial charge in [-0.15, -0.1) is 0 Å². The smallest absolute Gasteiger partial charge is 0.306 e. The van der Waals surface area contributed by atoms with E-state index in [1.165, 1.54) is 6.20 Å². The van der Waals surface area contributed by atoms with Crippen LogP contribution < -0.4 is 0 Å². The van der Waals surface area contributed by atoms with Crippen LogP contribution in [0, 0.1) is 13.8 Å². The Kier molecular flexibility index (Phi) is 4.29. The minimum atomic E-state index is -0.931. The lowest BCUT2D eigenvalue weighted by Gasteiger charge is -2.32. The van der Waals surface area contributed by atoms with E-state index in [2.05, 4.69) is 9.97 Å². The predicted octanol–water partition coefficient (Wildman–Crippen LogP) is 0.409. The molecule has 0 saturated carbocycles. The monoisotopic (exact) mass is 279 g/mol. The molecule has 2 rings (SSSR count). The van der Waals surface area contributed by atoms with Gasteiger partial charge in [-0.3, -0.25) is 9.59 Å². The molecule has 0 bridgehead atoms. The average Bonchev–Trinajstić information content (AvgIpc) is 2.37. The largest absolute Gasteiger partial charge is 0.481 e. The molecule has 1 N–H and O–H groups in total. The molecule has 0 spiro atoms. The van der Waals surface area contributed by atoms with Crippen molar-refractivity contribution in [2.75, 3.05) is 19.7 Å². The second-order valence-electron chi connectivity index (χ2n) is 4.76. The number of aromatic nitrogens is 2. The summed E-state index contributed by atoms with van der Waals surface area (Å²) in [6.45, 7) is 4.59. The number of ether oxygens (including phenoxy) is 1. The lowest BCUT2D eigenvalue weighted by atomic mass is 10.1. The molecule has 0 aliphatic carbocycles. The summed E-state index contributed by atoms with van der Waals surface area (Å²) < 4.78 is 5.35. The highest BCUT2D eigenvalue weighted by Crippen LogP contribution is 2.14. The zero-order valence-electron chi connectivity index (χ0n) is 11.5. The van der Waals surface area contributed by atoms with Gasteiger partial charge in [0.25, 0.3) is 5.91 Å². The highest BCUT2D eigenvalue weighted by molar-refractivity contribution is 5.95. The van der Waals surface area contributed by atoms with E-state index in [4.69, 9.17) is 9.84 Å². The molecule has 1 fully saturated rings. The van der Waals surface area contributed by atoms with Gasteiger partial charge in [-0.2, -0.15) is 0 Å². The standard InChI is InChI=1S/C13H17N3O4/c1-8-11(6-14-9(2)15-8)13(19)16-3-4-20-10(7-16)5-12(17)18/h6,10H,3-5,7H2,1-2H3,(H,17,18). The second kappa shape index (κ2) is 5.96. The molecule has 1 aliphatic rings. The van der Waals surface area contributed by atoms with Crippen LogP contribution in [-0.4, -0.2) is 57.7 Å². The molecule has 0 aromatic carbocycles. The average molecular weight is 279 g/mol. The van der Waals surface area contributed by atoms with Crippen LogP contribution in [-0.2, 0) is 9.53 Å². The normalized spacial score (nSPS) is 18.9. The van der Waals surface area contributed by atoms with Crippen molar-refractivity contribution in [1.29, 1.82) is 0 Å². The Bertz CT molecular complexity index is 532. The molecule has 20 heavy (non-hydrogen) atoms. The van der Waals surface area contributed by atoms with Crippen molar-refractivity contribution in [3.8, 4) is 0 Å². The Labute approximate surface area is 116 Å². The third-order valence-corrected chi connectivity index (χ3v) is 3.16. The van der Waals surface area contributed by atoms with Gasteiger partial charge in [0.1, 0.15) is 5.82 Å².